The molecule has 9 atom stereocenters. The van der Waals surface area contributed by atoms with Crippen LogP contribution in [0.15, 0.2) is 114 Å². The van der Waals surface area contributed by atoms with Crippen LogP contribution < -0.4 is 0 Å². The molecule has 0 aromatic heterocycles. The molecule has 0 amide bonds. The highest BCUT2D eigenvalue weighted by molar-refractivity contribution is 5.97. The zero-order valence-corrected chi connectivity index (χ0v) is 28.4. The molecule has 7 rings (SSSR count). The zero-order valence-electron chi connectivity index (χ0n) is 28.4. The third kappa shape index (κ3) is 4.67. The minimum Gasteiger partial charge on any atom is -0.461 e. The van der Waals surface area contributed by atoms with Crippen LogP contribution in [0.5, 0.6) is 0 Å². The van der Waals surface area contributed by atoms with Crippen molar-refractivity contribution in [3.63, 3.8) is 0 Å². The van der Waals surface area contributed by atoms with E-state index in [9.17, 15) is 24.6 Å². The normalized spacial score (nSPS) is 35.2. The summed E-state index contributed by atoms with van der Waals surface area (Å²) in [6.45, 7) is 6.79. The Labute approximate surface area is 290 Å². The number of Topliss-reactive ketones (excluding diaryl/α,β-unsaturated/α-hetero) is 1. The molecule has 3 aromatic carbocycles. The fourth-order valence-corrected chi connectivity index (χ4v) is 9.31. The van der Waals surface area contributed by atoms with Gasteiger partial charge in [-0.2, -0.15) is 0 Å². The van der Waals surface area contributed by atoms with Crippen LogP contribution in [0.2, 0.25) is 0 Å². The van der Waals surface area contributed by atoms with Crippen LogP contribution in [-0.2, 0) is 19.0 Å². The van der Waals surface area contributed by atoms with Gasteiger partial charge in [0.2, 0.25) is 0 Å². The first-order valence-corrected chi connectivity index (χ1v) is 16.9. The van der Waals surface area contributed by atoms with E-state index >= 15 is 4.79 Å². The van der Waals surface area contributed by atoms with Gasteiger partial charge in [-0.1, -0.05) is 80.6 Å². The lowest BCUT2D eigenvalue weighted by Gasteiger charge is -2.49. The summed E-state index contributed by atoms with van der Waals surface area (Å²) in [5, 5.41) is 24.9. The average molecular weight is 677 g/mol. The summed E-state index contributed by atoms with van der Waals surface area (Å²) in [4.78, 5) is 55.6. The van der Waals surface area contributed by atoms with Gasteiger partial charge in [0.25, 0.3) is 0 Å². The van der Waals surface area contributed by atoms with Crippen LogP contribution >= 0.6 is 0 Å². The Hall–Kier alpha value is -4.86. The van der Waals surface area contributed by atoms with Gasteiger partial charge in [-0.3, -0.25) is 4.79 Å². The van der Waals surface area contributed by atoms with Crippen LogP contribution in [0, 0.1) is 28.6 Å². The number of ether oxygens (including phenoxy) is 3. The molecule has 0 saturated heterocycles. The number of ketones is 1. The summed E-state index contributed by atoms with van der Waals surface area (Å²) in [5.41, 5.74) is -4.65. The molecule has 4 aliphatic rings. The van der Waals surface area contributed by atoms with Crippen LogP contribution in [-0.4, -0.2) is 63.9 Å². The first-order chi connectivity index (χ1) is 23.8. The van der Waals surface area contributed by atoms with Crippen molar-refractivity contribution >= 4 is 23.7 Å². The largest absolute Gasteiger partial charge is 0.461 e. The lowest BCUT2D eigenvalue weighted by atomic mass is 9.59. The summed E-state index contributed by atoms with van der Waals surface area (Å²) in [6, 6.07) is 25.4. The summed E-state index contributed by atoms with van der Waals surface area (Å²) >= 11 is 0. The van der Waals surface area contributed by atoms with Gasteiger partial charge in [0.1, 0.15) is 18.3 Å². The molecule has 4 aliphatic carbocycles. The standard InChI is InChI=1S/C41H40O9/c1-24-20-30-31-38(4,23-48-35(44)27-14-8-5-9-15-27)40(31,50-37(46)29-18-12-7-13-19-29)22-26(3)39(33(30)43)21-25(2)34(41(39,47)32(24)42)49-36(45)28-16-10-6-11-17-28/h5-21,26,30-32,34,42,47H,22-23H2,1-4H3/t26-,30+,31-,32-,34+,38-,39+,40+,41+/m1/s1. The molecule has 0 radical (unpaired) electrons. The quantitative estimate of drug-likeness (QED) is 0.188. The number of aliphatic hydroxyl groups excluding tert-OH is 1. The van der Waals surface area contributed by atoms with Crippen molar-refractivity contribution in [3.8, 4) is 0 Å². The maximum atomic E-state index is 15.2. The van der Waals surface area contributed by atoms with Crippen LogP contribution in [0.4, 0.5) is 0 Å². The molecule has 9 heteroatoms. The van der Waals surface area contributed by atoms with E-state index in [1.165, 1.54) is 0 Å². The van der Waals surface area contributed by atoms with Gasteiger partial charge in [-0.05, 0) is 73.7 Å². The molecular formula is C41H40O9. The van der Waals surface area contributed by atoms with E-state index in [0.717, 1.165) is 0 Å². The van der Waals surface area contributed by atoms with Crippen molar-refractivity contribution in [3.05, 3.63) is 131 Å². The molecule has 0 aliphatic heterocycles. The minimum atomic E-state index is -2.27. The molecule has 3 aromatic rings. The second-order valence-corrected chi connectivity index (χ2v) is 14.5. The monoisotopic (exact) mass is 676 g/mol. The Morgan fingerprint density at radius 1 is 0.800 bits per heavy atom. The predicted molar refractivity (Wildman–Crippen MR) is 182 cm³/mol. The molecule has 2 saturated carbocycles. The van der Waals surface area contributed by atoms with Crippen molar-refractivity contribution in [2.24, 2.45) is 28.6 Å². The third-order valence-corrected chi connectivity index (χ3v) is 11.8. The fraction of sp³-hybridized carbons (Fsp3) is 0.366. The van der Waals surface area contributed by atoms with Gasteiger partial charge < -0.3 is 24.4 Å². The molecule has 1 spiro atoms. The lowest BCUT2D eigenvalue weighted by molar-refractivity contribution is -0.191. The second kappa shape index (κ2) is 11.9. The predicted octanol–water partition coefficient (Wildman–Crippen LogP) is 5.52. The Balaban J connectivity index is 1.32. The molecule has 258 valence electrons. The van der Waals surface area contributed by atoms with Gasteiger partial charge >= 0.3 is 17.9 Å². The first kappa shape index (κ1) is 33.6. The molecule has 50 heavy (non-hydrogen) atoms. The number of aliphatic hydroxyl groups is 2. The molecule has 9 nitrogen and oxygen atoms in total. The van der Waals surface area contributed by atoms with Crippen molar-refractivity contribution in [2.75, 3.05) is 6.61 Å². The number of carbonyl (C=O) groups excluding carboxylic acids is 4. The van der Waals surface area contributed by atoms with E-state index in [2.05, 4.69) is 0 Å². The molecule has 0 heterocycles. The highest BCUT2D eigenvalue weighted by Crippen LogP contribution is 2.75. The van der Waals surface area contributed by atoms with Gasteiger partial charge in [0.15, 0.2) is 17.5 Å². The van der Waals surface area contributed by atoms with E-state index in [1.54, 1.807) is 124 Å². The Kier molecular flexibility index (Phi) is 7.99. The fourth-order valence-electron chi connectivity index (χ4n) is 9.31. The molecule has 2 N–H and O–H groups in total. The smallest absolute Gasteiger partial charge is 0.338 e. The van der Waals surface area contributed by atoms with E-state index in [0.29, 0.717) is 22.3 Å². The lowest BCUT2D eigenvalue weighted by Crippen LogP contribution is -2.65. The number of fused-ring (bicyclic) bond motifs is 3. The number of hydrogen-bond acceptors (Lipinski definition) is 9. The number of carbonyl (C=O) groups is 4. The summed E-state index contributed by atoms with van der Waals surface area (Å²) in [6.07, 6.45) is 0.442. The van der Waals surface area contributed by atoms with Crippen LogP contribution in [0.1, 0.15) is 65.2 Å². The molecule has 2 bridgehead atoms. The first-order valence-electron chi connectivity index (χ1n) is 16.9. The number of rotatable bonds is 7. The van der Waals surface area contributed by atoms with Gasteiger partial charge in [-0.15, -0.1) is 0 Å². The van der Waals surface area contributed by atoms with Crippen LogP contribution in [0.3, 0.4) is 0 Å². The SMILES string of the molecule is CC1=C[C@@H]2C(=O)[C@]3(C=C(C)[C@H](OC(=O)c4ccccc4)[C@@]3(O)[C@@H]1O)[C@H](C)C[C@]1(OC(=O)c3ccccc3)[C@H]2[C@@]1(C)COC(=O)c1ccccc1. The number of allylic oxidation sites excluding steroid dienone is 1. The summed E-state index contributed by atoms with van der Waals surface area (Å²) < 4.78 is 18.4. The molecule has 0 unspecified atom stereocenters. The molecule has 2 fully saturated rings. The van der Waals surface area contributed by atoms with E-state index < -0.39 is 69.9 Å². The number of benzene rings is 3. The number of esters is 3. The van der Waals surface area contributed by atoms with Crippen molar-refractivity contribution < 1.29 is 43.6 Å². The Morgan fingerprint density at radius 3 is 1.88 bits per heavy atom. The maximum absolute atomic E-state index is 15.2. The van der Waals surface area contributed by atoms with Crippen molar-refractivity contribution in [1.29, 1.82) is 0 Å². The highest BCUT2D eigenvalue weighted by atomic mass is 16.6. The van der Waals surface area contributed by atoms with Crippen molar-refractivity contribution in [2.45, 2.75) is 57.5 Å². The van der Waals surface area contributed by atoms with E-state index in [1.807, 2.05) is 6.92 Å². The maximum Gasteiger partial charge on any atom is 0.338 e. The average Bonchev–Trinajstić information content (AvgIpc) is 3.57. The van der Waals surface area contributed by atoms with Crippen LogP contribution in [0.25, 0.3) is 0 Å². The Morgan fingerprint density at radius 2 is 1.32 bits per heavy atom. The zero-order chi connectivity index (χ0) is 35.6. The minimum absolute atomic E-state index is 0.0862. The Bertz CT molecular complexity index is 1920. The van der Waals surface area contributed by atoms with E-state index in [-0.39, 0.29) is 24.4 Å². The van der Waals surface area contributed by atoms with Crippen molar-refractivity contribution in [1.82, 2.24) is 0 Å². The number of hydrogen-bond donors (Lipinski definition) is 2. The van der Waals surface area contributed by atoms with Gasteiger partial charge in [0, 0.05) is 17.3 Å². The summed E-state index contributed by atoms with van der Waals surface area (Å²) in [5.74, 6) is -4.62. The van der Waals surface area contributed by atoms with E-state index in [4.69, 9.17) is 14.2 Å². The second-order valence-electron chi connectivity index (χ2n) is 14.5. The third-order valence-electron chi connectivity index (χ3n) is 11.8. The van der Waals surface area contributed by atoms with Gasteiger partial charge in [0.05, 0.1) is 22.1 Å². The topological polar surface area (TPSA) is 136 Å². The summed E-state index contributed by atoms with van der Waals surface area (Å²) in [7, 11) is 0. The van der Waals surface area contributed by atoms with Gasteiger partial charge in [-0.25, -0.2) is 14.4 Å². The highest BCUT2D eigenvalue weighted by Gasteiger charge is 2.85. The molecular weight excluding hydrogens is 636 g/mol.